The van der Waals surface area contributed by atoms with Crippen molar-refractivity contribution in [3.05, 3.63) is 0 Å². The second-order valence-electron chi connectivity index (χ2n) is 12.3. The van der Waals surface area contributed by atoms with Gasteiger partial charge in [-0.2, -0.15) is 0 Å². The molecule has 6 atom stereocenters. The fourth-order valence-electron chi connectivity index (χ4n) is 6.09. The standard InChI is InChI=1S/C30H56O6/c1-6-7-8-9-10-11-12-13-14-15-17-26-27(35-30(4,5)34-26)21-20-23(31)24-18-16-19-25(33-24)28-22-32-29(2,3)36-28/h23-28,31H,6-22H2,1-5H3/t23-,24+,25-,26+,27+,28+/m0/s1. The van der Waals surface area contributed by atoms with Crippen LogP contribution in [0.2, 0.25) is 0 Å². The zero-order valence-corrected chi connectivity index (χ0v) is 24.0. The van der Waals surface area contributed by atoms with Crippen LogP contribution in [0.25, 0.3) is 0 Å². The van der Waals surface area contributed by atoms with E-state index in [2.05, 4.69) is 6.92 Å². The van der Waals surface area contributed by atoms with Crippen LogP contribution >= 0.6 is 0 Å². The quantitative estimate of drug-likeness (QED) is 0.224. The first kappa shape index (κ1) is 30.3. The molecule has 0 aromatic heterocycles. The molecule has 0 spiro atoms. The molecule has 3 rings (SSSR count). The molecule has 1 N–H and O–H groups in total. The lowest BCUT2D eigenvalue weighted by molar-refractivity contribution is -0.182. The molecule has 0 radical (unpaired) electrons. The Labute approximate surface area is 221 Å². The van der Waals surface area contributed by atoms with Crippen LogP contribution in [0.3, 0.4) is 0 Å². The molecular weight excluding hydrogens is 456 g/mol. The van der Waals surface area contributed by atoms with Crippen molar-refractivity contribution in [3.8, 4) is 0 Å². The minimum atomic E-state index is -0.546. The average Bonchev–Trinajstić information content (AvgIpc) is 3.36. The molecule has 0 aliphatic carbocycles. The Morgan fingerprint density at radius 1 is 0.722 bits per heavy atom. The van der Waals surface area contributed by atoms with Crippen LogP contribution < -0.4 is 0 Å². The Bertz CT molecular complexity index is 608. The van der Waals surface area contributed by atoms with Gasteiger partial charge in [-0.25, -0.2) is 0 Å². The van der Waals surface area contributed by atoms with Gasteiger partial charge in [-0.05, 0) is 66.2 Å². The number of aliphatic hydroxyl groups excluding tert-OH is 1. The largest absolute Gasteiger partial charge is 0.390 e. The Morgan fingerprint density at radius 2 is 1.33 bits per heavy atom. The first-order chi connectivity index (χ1) is 17.2. The maximum Gasteiger partial charge on any atom is 0.163 e. The SMILES string of the molecule is CCCCCCCCCCCC[C@H]1OC(C)(C)O[C@@H]1CC[C@H](O)[C@H]1CCC[C@@H]([C@H]2COC(C)(C)O2)O1. The van der Waals surface area contributed by atoms with Gasteiger partial charge in [0.05, 0.1) is 37.1 Å². The highest BCUT2D eigenvalue weighted by molar-refractivity contribution is 4.87. The summed E-state index contributed by atoms with van der Waals surface area (Å²) in [5.41, 5.74) is 0. The van der Waals surface area contributed by atoms with Crippen molar-refractivity contribution < 1.29 is 28.8 Å². The lowest BCUT2D eigenvalue weighted by atomic mass is 9.94. The van der Waals surface area contributed by atoms with Gasteiger partial charge in [-0.3, -0.25) is 0 Å². The van der Waals surface area contributed by atoms with Crippen molar-refractivity contribution in [2.45, 2.75) is 186 Å². The maximum absolute atomic E-state index is 11.0. The van der Waals surface area contributed by atoms with E-state index in [9.17, 15) is 5.11 Å². The molecule has 0 aromatic rings. The highest BCUT2D eigenvalue weighted by atomic mass is 16.8. The van der Waals surface area contributed by atoms with Crippen LogP contribution in [0.4, 0.5) is 0 Å². The summed E-state index contributed by atoms with van der Waals surface area (Å²) in [4.78, 5) is 0. The third-order valence-electron chi connectivity index (χ3n) is 8.08. The highest BCUT2D eigenvalue weighted by Crippen LogP contribution is 2.35. The second kappa shape index (κ2) is 14.8. The van der Waals surface area contributed by atoms with Gasteiger partial charge in [0.2, 0.25) is 0 Å². The summed E-state index contributed by atoms with van der Waals surface area (Å²) in [6.07, 6.45) is 18.3. The van der Waals surface area contributed by atoms with E-state index in [-0.39, 0.29) is 30.5 Å². The fourth-order valence-corrected chi connectivity index (χ4v) is 6.09. The van der Waals surface area contributed by atoms with Crippen LogP contribution in [0.5, 0.6) is 0 Å². The molecule has 0 unspecified atom stereocenters. The molecule has 0 saturated carbocycles. The summed E-state index contributed by atoms with van der Waals surface area (Å²) in [5.74, 6) is -1.09. The van der Waals surface area contributed by atoms with Gasteiger partial charge in [-0.15, -0.1) is 0 Å². The summed E-state index contributed by atoms with van der Waals surface area (Å²) < 4.78 is 30.6. The van der Waals surface area contributed by atoms with Gasteiger partial charge in [0.1, 0.15) is 6.10 Å². The maximum atomic E-state index is 11.0. The third kappa shape index (κ3) is 10.1. The number of rotatable bonds is 16. The summed E-state index contributed by atoms with van der Waals surface area (Å²) in [7, 11) is 0. The summed E-state index contributed by atoms with van der Waals surface area (Å²) >= 11 is 0. The van der Waals surface area contributed by atoms with E-state index in [1.54, 1.807) is 0 Å². The first-order valence-electron chi connectivity index (χ1n) is 15.2. The number of aliphatic hydroxyl groups is 1. The summed E-state index contributed by atoms with van der Waals surface area (Å²) in [6.45, 7) is 10.7. The van der Waals surface area contributed by atoms with E-state index in [1.165, 1.54) is 64.2 Å². The lowest BCUT2D eigenvalue weighted by Crippen LogP contribution is -2.43. The van der Waals surface area contributed by atoms with Gasteiger partial charge >= 0.3 is 0 Å². The Morgan fingerprint density at radius 3 is 1.94 bits per heavy atom. The molecular formula is C30H56O6. The number of hydrogen-bond donors (Lipinski definition) is 1. The van der Waals surface area contributed by atoms with Crippen LogP contribution in [0.15, 0.2) is 0 Å². The Kier molecular flexibility index (Phi) is 12.4. The van der Waals surface area contributed by atoms with Crippen molar-refractivity contribution in [1.82, 2.24) is 0 Å². The summed E-state index contributed by atoms with van der Waals surface area (Å²) in [5, 5.41) is 11.0. The topological polar surface area (TPSA) is 66.4 Å². The van der Waals surface area contributed by atoms with E-state index >= 15 is 0 Å². The van der Waals surface area contributed by atoms with Crippen molar-refractivity contribution in [2.75, 3.05) is 6.61 Å². The van der Waals surface area contributed by atoms with E-state index in [1.807, 2.05) is 27.7 Å². The first-order valence-corrected chi connectivity index (χ1v) is 15.2. The zero-order chi connectivity index (χ0) is 26.0. The monoisotopic (exact) mass is 512 g/mol. The normalized spacial score (nSPS) is 32.7. The van der Waals surface area contributed by atoms with Gasteiger partial charge in [0.25, 0.3) is 0 Å². The van der Waals surface area contributed by atoms with E-state index in [0.29, 0.717) is 13.0 Å². The predicted octanol–water partition coefficient (Wildman–Crippen LogP) is 7.05. The van der Waals surface area contributed by atoms with Gasteiger partial charge in [-0.1, -0.05) is 71.1 Å². The number of hydrogen-bond acceptors (Lipinski definition) is 6. The van der Waals surface area contributed by atoms with E-state index < -0.39 is 17.7 Å². The van der Waals surface area contributed by atoms with Crippen molar-refractivity contribution in [1.29, 1.82) is 0 Å². The Hall–Kier alpha value is -0.240. The molecule has 3 aliphatic heterocycles. The molecule has 3 heterocycles. The van der Waals surface area contributed by atoms with Crippen molar-refractivity contribution >= 4 is 0 Å². The minimum Gasteiger partial charge on any atom is -0.390 e. The molecule has 3 saturated heterocycles. The van der Waals surface area contributed by atoms with Gasteiger partial charge in [0, 0.05) is 0 Å². The minimum absolute atomic E-state index is 0.00531. The van der Waals surface area contributed by atoms with Crippen molar-refractivity contribution in [3.63, 3.8) is 0 Å². The Balaban J connectivity index is 1.33. The molecule has 0 aromatic carbocycles. The third-order valence-corrected chi connectivity index (χ3v) is 8.08. The van der Waals surface area contributed by atoms with E-state index in [4.69, 9.17) is 23.7 Å². The number of unbranched alkanes of at least 4 members (excludes halogenated alkanes) is 9. The van der Waals surface area contributed by atoms with E-state index in [0.717, 1.165) is 32.1 Å². The molecule has 6 nitrogen and oxygen atoms in total. The molecule has 0 amide bonds. The molecule has 212 valence electrons. The van der Waals surface area contributed by atoms with Crippen LogP contribution in [0.1, 0.15) is 137 Å². The predicted molar refractivity (Wildman–Crippen MR) is 143 cm³/mol. The van der Waals surface area contributed by atoms with Crippen molar-refractivity contribution in [2.24, 2.45) is 0 Å². The zero-order valence-electron chi connectivity index (χ0n) is 24.0. The highest BCUT2D eigenvalue weighted by Gasteiger charge is 2.43. The van der Waals surface area contributed by atoms with Gasteiger partial charge in [0.15, 0.2) is 11.6 Å². The van der Waals surface area contributed by atoms with Gasteiger partial charge < -0.3 is 28.8 Å². The molecule has 3 fully saturated rings. The second-order valence-corrected chi connectivity index (χ2v) is 12.3. The molecule has 36 heavy (non-hydrogen) atoms. The van der Waals surface area contributed by atoms with Crippen LogP contribution in [-0.4, -0.2) is 59.9 Å². The average molecular weight is 513 g/mol. The fraction of sp³-hybridized carbons (Fsp3) is 1.00. The lowest BCUT2D eigenvalue weighted by Gasteiger charge is -2.35. The summed E-state index contributed by atoms with van der Waals surface area (Å²) in [6, 6.07) is 0. The van der Waals surface area contributed by atoms with Crippen LogP contribution in [-0.2, 0) is 23.7 Å². The number of ether oxygens (including phenoxy) is 5. The molecule has 6 heteroatoms. The van der Waals surface area contributed by atoms with Crippen LogP contribution in [0, 0.1) is 0 Å². The molecule has 3 aliphatic rings. The molecule has 0 bridgehead atoms. The smallest absolute Gasteiger partial charge is 0.163 e.